The van der Waals surface area contributed by atoms with Crippen LogP contribution in [0.5, 0.6) is 5.75 Å². The highest BCUT2D eigenvalue weighted by molar-refractivity contribution is 9.10. The molecule has 0 aliphatic rings. The molecule has 0 saturated heterocycles. The van der Waals surface area contributed by atoms with Crippen LogP contribution in [0.2, 0.25) is 5.02 Å². The molecular formula is C15H11BrClFN2O3. The highest BCUT2D eigenvalue weighted by Gasteiger charge is 2.15. The first-order valence-corrected chi connectivity index (χ1v) is 7.48. The minimum atomic E-state index is -0.605. The normalized spacial score (nSPS) is 10.1. The quantitative estimate of drug-likeness (QED) is 0.775. The van der Waals surface area contributed by atoms with E-state index in [9.17, 15) is 14.0 Å². The zero-order valence-electron chi connectivity index (χ0n) is 11.8. The average molecular weight is 402 g/mol. The highest BCUT2D eigenvalue weighted by atomic mass is 79.9. The Morgan fingerprint density at radius 3 is 2.35 bits per heavy atom. The maximum atomic E-state index is 13.0. The van der Waals surface area contributed by atoms with E-state index in [4.69, 9.17) is 16.3 Å². The summed E-state index contributed by atoms with van der Waals surface area (Å²) >= 11 is 8.93. The van der Waals surface area contributed by atoms with E-state index in [0.717, 1.165) is 12.1 Å². The Morgan fingerprint density at radius 1 is 1.09 bits per heavy atom. The average Bonchev–Trinajstić information content (AvgIpc) is 2.52. The largest absolute Gasteiger partial charge is 0.496 e. The van der Waals surface area contributed by atoms with Crippen molar-refractivity contribution in [3.8, 4) is 5.75 Å². The zero-order valence-corrected chi connectivity index (χ0v) is 14.2. The molecule has 0 aliphatic heterocycles. The summed E-state index contributed by atoms with van der Waals surface area (Å²) in [7, 11) is 1.41. The number of carbonyl (C=O) groups excluding carboxylic acids is 2. The first-order chi connectivity index (χ1) is 10.9. The third-order valence-electron chi connectivity index (χ3n) is 2.87. The molecule has 2 N–H and O–H groups in total. The summed E-state index contributed by atoms with van der Waals surface area (Å²) in [6.45, 7) is 0. The van der Waals surface area contributed by atoms with Gasteiger partial charge in [-0.2, -0.15) is 0 Å². The molecule has 0 aromatic heterocycles. The number of nitrogens with one attached hydrogen (secondary N) is 2. The number of hydrazine groups is 1. The summed E-state index contributed by atoms with van der Waals surface area (Å²) in [6, 6.07) is 8.11. The van der Waals surface area contributed by atoms with Gasteiger partial charge in [-0.1, -0.05) is 11.6 Å². The van der Waals surface area contributed by atoms with Crippen molar-refractivity contribution >= 4 is 39.3 Å². The molecule has 2 rings (SSSR count). The lowest BCUT2D eigenvalue weighted by Gasteiger charge is -2.11. The van der Waals surface area contributed by atoms with Crippen molar-refractivity contribution in [1.82, 2.24) is 10.9 Å². The Morgan fingerprint density at radius 2 is 1.74 bits per heavy atom. The number of benzene rings is 2. The van der Waals surface area contributed by atoms with Crippen LogP contribution in [0.1, 0.15) is 20.7 Å². The van der Waals surface area contributed by atoms with E-state index in [1.807, 2.05) is 0 Å². The molecule has 0 spiro atoms. The van der Waals surface area contributed by atoms with Gasteiger partial charge in [0.25, 0.3) is 11.8 Å². The van der Waals surface area contributed by atoms with Crippen molar-refractivity contribution in [3.63, 3.8) is 0 Å². The predicted molar refractivity (Wildman–Crippen MR) is 87.0 cm³/mol. The van der Waals surface area contributed by atoms with Gasteiger partial charge in [0.05, 0.1) is 18.2 Å². The number of hydrogen-bond acceptors (Lipinski definition) is 3. The van der Waals surface area contributed by atoms with Crippen molar-refractivity contribution in [2.75, 3.05) is 7.11 Å². The Balaban J connectivity index is 2.10. The maximum Gasteiger partial charge on any atom is 0.273 e. The smallest absolute Gasteiger partial charge is 0.273 e. The summed E-state index contributed by atoms with van der Waals surface area (Å²) in [5.74, 6) is -1.38. The fraction of sp³-hybridized carbons (Fsp3) is 0.0667. The van der Waals surface area contributed by atoms with Gasteiger partial charge in [0.1, 0.15) is 11.6 Å². The first-order valence-electron chi connectivity index (χ1n) is 6.31. The molecule has 0 unspecified atom stereocenters. The molecule has 8 heteroatoms. The van der Waals surface area contributed by atoms with Crippen LogP contribution in [0.3, 0.4) is 0 Å². The van der Waals surface area contributed by atoms with Gasteiger partial charge in [0.2, 0.25) is 0 Å². The summed E-state index contributed by atoms with van der Waals surface area (Å²) in [4.78, 5) is 24.1. The van der Waals surface area contributed by atoms with Gasteiger partial charge < -0.3 is 4.74 Å². The second-order valence-electron chi connectivity index (χ2n) is 4.38. The van der Waals surface area contributed by atoms with Crippen molar-refractivity contribution in [3.05, 3.63) is 62.8 Å². The third-order valence-corrected chi connectivity index (χ3v) is 3.76. The lowest BCUT2D eigenvalue weighted by molar-refractivity contribution is 0.0844. The number of rotatable bonds is 3. The summed E-state index contributed by atoms with van der Waals surface area (Å²) < 4.78 is 18.3. The Labute approximate surface area is 144 Å². The maximum absolute atomic E-state index is 13.0. The van der Waals surface area contributed by atoms with E-state index in [1.54, 1.807) is 6.07 Å². The van der Waals surface area contributed by atoms with Gasteiger partial charge in [0, 0.05) is 9.50 Å². The van der Waals surface area contributed by atoms with Crippen LogP contribution in [-0.4, -0.2) is 18.9 Å². The zero-order chi connectivity index (χ0) is 17.0. The number of halogens is 3. The van der Waals surface area contributed by atoms with Crippen molar-refractivity contribution in [2.45, 2.75) is 0 Å². The topological polar surface area (TPSA) is 67.4 Å². The molecule has 120 valence electrons. The van der Waals surface area contributed by atoms with Crippen LogP contribution < -0.4 is 15.6 Å². The minimum Gasteiger partial charge on any atom is -0.496 e. The Bertz CT molecular complexity index is 770. The predicted octanol–water partition coefficient (Wildman–Crippen LogP) is 3.33. The second-order valence-corrected chi connectivity index (χ2v) is 5.67. The van der Waals surface area contributed by atoms with Gasteiger partial charge in [-0.15, -0.1) is 0 Å². The van der Waals surface area contributed by atoms with Gasteiger partial charge in [-0.25, -0.2) is 4.39 Å². The fourth-order valence-corrected chi connectivity index (χ4v) is 2.48. The molecule has 0 aliphatic carbocycles. The number of amides is 2. The molecule has 0 atom stereocenters. The summed E-state index contributed by atoms with van der Waals surface area (Å²) in [6.07, 6.45) is 0. The van der Waals surface area contributed by atoms with Gasteiger partial charge in [-0.05, 0) is 52.3 Å². The van der Waals surface area contributed by atoms with Crippen LogP contribution in [0.25, 0.3) is 0 Å². The van der Waals surface area contributed by atoms with E-state index in [0.29, 0.717) is 10.8 Å². The number of carbonyl (C=O) groups is 2. The molecule has 2 aromatic carbocycles. The lowest BCUT2D eigenvalue weighted by atomic mass is 10.2. The lowest BCUT2D eigenvalue weighted by Crippen LogP contribution is -2.41. The van der Waals surface area contributed by atoms with E-state index in [2.05, 4.69) is 26.8 Å². The van der Waals surface area contributed by atoms with E-state index in [-0.39, 0.29) is 15.6 Å². The minimum absolute atomic E-state index is 0.165. The van der Waals surface area contributed by atoms with Gasteiger partial charge in [0.15, 0.2) is 0 Å². The van der Waals surface area contributed by atoms with E-state index in [1.165, 1.54) is 25.3 Å². The van der Waals surface area contributed by atoms with Crippen molar-refractivity contribution in [1.29, 1.82) is 0 Å². The Hall–Kier alpha value is -2.12. The molecule has 0 fully saturated rings. The monoisotopic (exact) mass is 400 g/mol. The standard InChI is InChI=1S/C15H11BrClFN2O3/c1-23-13-5-2-8(17)6-11(13)15(22)20-19-14(21)10-4-3-9(18)7-12(10)16/h2-7H,1H3,(H,19,21)(H,20,22). The summed E-state index contributed by atoms with van der Waals surface area (Å²) in [5, 5.41) is 0.351. The van der Waals surface area contributed by atoms with Crippen molar-refractivity contribution in [2.24, 2.45) is 0 Å². The first kappa shape index (κ1) is 17.2. The number of methoxy groups -OCH3 is 1. The molecule has 5 nitrogen and oxygen atoms in total. The molecular weight excluding hydrogens is 391 g/mol. The summed E-state index contributed by atoms with van der Waals surface area (Å²) in [5.41, 5.74) is 4.82. The molecule has 0 heterocycles. The molecule has 0 saturated carbocycles. The van der Waals surface area contributed by atoms with Gasteiger partial charge >= 0.3 is 0 Å². The number of hydrogen-bond donors (Lipinski definition) is 2. The number of ether oxygens (including phenoxy) is 1. The second kappa shape index (κ2) is 7.43. The third kappa shape index (κ3) is 4.20. The van der Waals surface area contributed by atoms with Crippen LogP contribution in [0.4, 0.5) is 4.39 Å². The van der Waals surface area contributed by atoms with Crippen LogP contribution >= 0.6 is 27.5 Å². The van der Waals surface area contributed by atoms with Crippen LogP contribution in [0.15, 0.2) is 40.9 Å². The SMILES string of the molecule is COc1ccc(Cl)cc1C(=O)NNC(=O)c1ccc(F)cc1Br. The van der Waals surface area contributed by atoms with Crippen molar-refractivity contribution < 1.29 is 18.7 Å². The Kier molecular flexibility index (Phi) is 5.57. The molecule has 23 heavy (non-hydrogen) atoms. The van der Waals surface area contributed by atoms with Crippen LogP contribution in [-0.2, 0) is 0 Å². The van der Waals surface area contributed by atoms with E-state index < -0.39 is 17.6 Å². The van der Waals surface area contributed by atoms with E-state index >= 15 is 0 Å². The highest BCUT2D eigenvalue weighted by Crippen LogP contribution is 2.22. The molecule has 2 amide bonds. The molecule has 0 radical (unpaired) electrons. The fourth-order valence-electron chi connectivity index (χ4n) is 1.78. The molecule has 0 bridgehead atoms. The molecule has 2 aromatic rings. The van der Waals surface area contributed by atoms with Gasteiger partial charge in [-0.3, -0.25) is 20.4 Å². The van der Waals surface area contributed by atoms with Crippen LogP contribution in [0, 0.1) is 5.82 Å².